The third-order valence-corrected chi connectivity index (χ3v) is 3.37. The fraction of sp³-hybridized carbons (Fsp3) is 0.714. The molecule has 1 aliphatic rings. The largest absolute Gasteiger partial charge is 0.433 e. The van der Waals surface area contributed by atoms with Crippen molar-refractivity contribution in [1.82, 2.24) is 9.97 Å². The minimum atomic E-state index is -4.46. The zero-order valence-electron chi connectivity index (χ0n) is 12.4. The Morgan fingerprint density at radius 2 is 2.00 bits per heavy atom. The third-order valence-electron chi connectivity index (χ3n) is 3.37. The Morgan fingerprint density at radius 3 is 2.52 bits per heavy atom. The van der Waals surface area contributed by atoms with E-state index in [9.17, 15) is 13.2 Å². The van der Waals surface area contributed by atoms with Gasteiger partial charge in [0.1, 0.15) is 5.82 Å². The lowest BCUT2D eigenvalue weighted by molar-refractivity contribution is -0.141. The molecule has 0 saturated heterocycles. The van der Waals surface area contributed by atoms with Crippen molar-refractivity contribution in [3.8, 4) is 0 Å². The second-order valence-corrected chi connectivity index (χ2v) is 5.24. The van der Waals surface area contributed by atoms with Gasteiger partial charge in [0.2, 0.25) is 5.95 Å². The molecule has 2 rings (SSSR count). The van der Waals surface area contributed by atoms with E-state index in [4.69, 9.17) is 0 Å². The maximum atomic E-state index is 13.0. The topological polar surface area (TPSA) is 41.1 Å². The van der Waals surface area contributed by atoms with Gasteiger partial charge in [0, 0.05) is 25.2 Å². The summed E-state index contributed by atoms with van der Waals surface area (Å²) in [5, 5.41) is 2.78. The molecule has 0 bridgehead atoms. The summed E-state index contributed by atoms with van der Waals surface area (Å²) in [5.74, 6) is 0.425. The summed E-state index contributed by atoms with van der Waals surface area (Å²) in [6.07, 6.45) is -0.474. The van der Waals surface area contributed by atoms with Crippen molar-refractivity contribution < 1.29 is 13.2 Å². The van der Waals surface area contributed by atoms with Gasteiger partial charge in [0.25, 0.3) is 0 Å². The van der Waals surface area contributed by atoms with E-state index in [2.05, 4.69) is 22.2 Å². The number of nitrogens with one attached hydrogen (secondary N) is 1. The van der Waals surface area contributed by atoms with Crippen LogP contribution >= 0.6 is 0 Å². The van der Waals surface area contributed by atoms with Crippen LogP contribution in [0.15, 0.2) is 6.07 Å². The van der Waals surface area contributed by atoms with Gasteiger partial charge in [-0.3, -0.25) is 0 Å². The molecule has 0 radical (unpaired) electrons. The quantitative estimate of drug-likeness (QED) is 0.834. The summed E-state index contributed by atoms with van der Waals surface area (Å²) >= 11 is 0. The summed E-state index contributed by atoms with van der Waals surface area (Å²) in [6.45, 7) is 5.09. The first kappa shape index (κ1) is 15.9. The molecule has 1 aliphatic carbocycles. The number of nitrogens with zero attached hydrogens (tertiary/aromatic N) is 3. The lowest BCUT2D eigenvalue weighted by Crippen LogP contribution is -2.29. The first-order valence-corrected chi connectivity index (χ1v) is 7.42. The highest BCUT2D eigenvalue weighted by atomic mass is 19.4. The summed E-state index contributed by atoms with van der Waals surface area (Å²) in [7, 11) is 0. The molecule has 0 aromatic carbocycles. The zero-order valence-corrected chi connectivity index (χ0v) is 12.4. The Kier molecular flexibility index (Phi) is 4.90. The van der Waals surface area contributed by atoms with Crippen LogP contribution in [-0.2, 0) is 6.18 Å². The van der Waals surface area contributed by atoms with Crippen LogP contribution in [0.3, 0.4) is 0 Å². The van der Waals surface area contributed by atoms with Gasteiger partial charge < -0.3 is 10.2 Å². The molecule has 0 unspecified atom stereocenters. The standard InChI is InChI=1S/C14H21F3N4/c1-3-5-8-21(10-6-7-10)12-9-11(14(15,16)17)19-13(20-12)18-4-2/h9-10H,3-8H2,1-2H3,(H,18,19,20). The Balaban J connectivity index is 2.32. The van der Waals surface area contributed by atoms with Gasteiger partial charge in [-0.1, -0.05) is 13.3 Å². The minimum absolute atomic E-state index is 0.0458. The van der Waals surface area contributed by atoms with Crippen molar-refractivity contribution in [2.24, 2.45) is 0 Å². The molecule has 0 amide bonds. The fourth-order valence-corrected chi connectivity index (χ4v) is 2.16. The molecule has 7 heteroatoms. The van der Waals surface area contributed by atoms with Gasteiger partial charge in [-0.2, -0.15) is 18.2 Å². The first-order chi connectivity index (χ1) is 9.95. The highest BCUT2D eigenvalue weighted by molar-refractivity contribution is 5.47. The maximum Gasteiger partial charge on any atom is 0.433 e. The number of aromatic nitrogens is 2. The maximum absolute atomic E-state index is 13.0. The van der Waals surface area contributed by atoms with Crippen LogP contribution in [0.1, 0.15) is 45.2 Å². The van der Waals surface area contributed by atoms with E-state index < -0.39 is 11.9 Å². The molecule has 1 aromatic heterocycles. The van der Waals surface area contributed by atoms with Crippen LogP contribution in [0.25, 0.3) is 0 Å². The van der Waals surface area contributed by atoms with Crippen molar-refractivity contribution >= 4 is 11.8 Å². The highest BCUT2D eigenvalue weighted by Crippen LogP contribution is 2.35. The molecule has 1 heterocycles. The van der Waals surface area contributed by atoms with Crippen molar-refractivity contribution in [1.29, 1.82) is 0 Å². The van der Waals surface area contributed by atoms with Crippen LogP contribution in [0, 0.1) is 0 Å². The SMILES string of the molecule is CCCCN(c1cc(C(F)(F)F)nc(NCC)n1)C1CC1. The molecule has 1 fully saturated rings. The lowest BCUT2D eigenvalue weighted by atomic mass is 10.3. The molecule has 0 spiro atoms. The van der Waals surface area contributed by atoms with Crippen molar-refractivity contribution in [2.45, 2.75) is 51.7 Å². The molecule has 0 aliphatic heterocycles. The van der Waals surface area contributed by atoms with E-state index in [0.29, 0.717) is 18.4 Å². The number of unbranched alkanes of at least 4 members (excludes halogenated alkanes) is 1. The van der Waals surface area contributed by atoms with E-state index in [0.717, 1.165) is 38.3 Å². The van der Waals surface area contributed by atoms with Crippen LogP contribution in [0.2, 0.25) is 0 Å². The number of anilines is 2. The smallest absolute Gasteiger partial charge is 0.354 e. The highest BCUT2D eigenvalue weighted by Gasteiger charge is 2.36. The van der Waals surface area contributed by atoms with Gasteiger partial charge in [0.05, 0.1) is 0 Å². The van der Waals surface area contributed by atoms with Crippen LogP contribution in [-0.4, -0.2) is 29.1 Å². The molecular formula is C14H21F3N4. The van der Waals surface area contributed by atoms with Gasteiger partial charge in [-0.25, -0.2) is 4.98 Å². The summed E-state index contributed by atoms with van der Waals surface area (Å²) in [6, 6.07) is 1.39. The Bertz CT molecular complexity index is 472. The molecule has 21 heavy (non-hydrogen) atoms. The average Bonchev–Trinajstić information content (AvgIpc) is 3.23. The van der Waals surface area contributed by atoms with E-state index in [1.165, 1.54) is 0 Å². The van der Waals surface area contributed by atoms with E-state index >= 15 is 0 Å². The molecule has 4 nitrogen and oxygen atoms in total. The third kappa shape index (κ3) is 4.22. The van der Waals surface area contributed by atoms with E-state index in [1.807, 2.05) is 4.90 Å². The second-order valence-electron chi connectivity index (χ2n) is 5.24. The molecule has 1 saturated carbocycles. The fourth-order valence-electron chi connectivity index (χ4n) is 2.16. The summed E-state index contributed by atoms with van der Waals surface area (Å²) < 4.78 is 39.0. The van der Waals surface area contributed by atoms with Crippen LogP contribution in [0.5, 0.6) is 0 Å². The van der Waals surface area contributed by atoms with Gasteiger partial charge in [0.15, 0.2) is 5.69 Å². The van der Waals surface area contributed by atoms with Crippen LogP contribution in [0.4, 0.5) is 24.9 Å². The molecule has 1 N–H and O–H groups in total. The zero-order chi connectivity index (χ0) is 15.5. The minimum Gasteiger partial charge on any atom is -0.354 e. The van der Waals surface area contributed by atoms with Gasteiger partial charge >= 0.3 is 6.18 Å². The van der Waals surface area contributed by atoms with Crippen molar-refractivity contribution in [3.05, 3.63) is 11.8 Å². The molecule has 0 atom stereocenters. The predicted molar refractivity (Wildman–Crippen MR) is 76.5 cm³/mol. The number of alkyl halides is 3. The van der Waals surface area contributed by atoms with Crippen molar-refractivity contribution in [2.75, 3.05) is 23.3 Å². The normalized spacial score (nSPS) is 15.1. The first-order valence-electron chi connectivity index (χ1n) is 7.42. The van der Waals surface area contributed by atoms with Gasteiger partial charge in [-0.15, -0.1) is 0 Å². The molecule has 118 valence electrons. The summed E-state index contributed by atoms with van der Waals surface area (Å²) in [4.78, 5) is 9.81. The number of hydrogen-bond donors (Lipinski definition) is 1. The Labute approximate surface area is 122 Å². The van der Waals surface area contributed by atoms with E-state index in [-0.39, 0.29) is 5.95 Å². The number of halogens is 3. The summed E-state index contributed by atoms with van der Waals surface area (Å²) in [5.41, 5.74) is -0.884. The second kappa shape index (κ2) is 6.49. The number of rotatable bonds is 7. The monoisotopic (exact) mass is 302 g/mol. The number of hydrogen-bond acceptors (Lipinski definition) is 4. The predicted octanol–water partition coefficient (Wildman–Crippen LogP) is 3.70. The van der Waals surface area contributed by atoms with Gasteiger partial charge in [-0.05, 0) is 26.2 Å². The molecule has 1 aromatic rings. The Morgan fingerprint density at radius 1 is 1.29 bits per heavy atom. The van der Waals surface area contributed by atoms with Crippen molar-refractivity contribution in [3.63, 3.8) is 0 Å². The van der Waals surface area contributed by atoms with E-state index in [1.54, 1.807) is 6.92 Å². The Hall–Kier alpha value is -1.53. The lowest BCUT2D eigenvalue weighted by Gasteiger charge is -2.24. The molecular weight excluding hydrogens is 281 g/mol. The van der Waals surface area contributed by atoms with Crippen LogP contribution < -0.4 is 10.2 Å². The average molecular weight is 302 g/mol.